The highest BCUT2D eigenvalue weighted by molar-refractivity contribution is 5.89. The van der Waals surface area contributed by atoms with Crippen molar-refractivity contribution in [2.45, 2.75) is 19.4 Å². The van der Waals surface area contributed by atoms with E-state index in [-0.39, 0.29) is 11.5 Å². The lowest BCUT2D eigenvalue weighted by Crippen LogP contribution is -2.38. The van der Waals surface area contributed by atoms with E-state index in [4.69, 9.17) is 10.5 Å². The molecule has 4 nitrogen and oxygen atoms in total. The zero-order chi connectivity index (χ0) is 12.2. The maximum absolute atomic E-state index is 11.2. The second-order valence-electron chi connectivity index (χ2n) is 4.29. The van der Waals surface area contributed by atoms with Gasteiger partial charge >= 0.3 is 5.97 Å². The Morgan fingerprint density at radius 1 is 1.31 bits per heavy atom. The number of carbonyl (C=O) groups excluding carboxylic acids is 1. The summed E-state index contributed by atoms with van der Waals surface area (Å²) in [4.78, 5) is 11.2. The van der Waals surface area contributed by atoms with Gasteiger partial charge < -0.3 is 15.2 Å². The number of hydrogen-bond acceptors (Lipinski definition) is 4. The van der Waals surface area contributed by atoms with Gasteiger partial charge in [0.15, 0.2) is 0 Å². The van der Waals surface area contributed by atoms with E-state index in [1.807, 2.05) is 13.8 Å². The van der Waals surface area contributed by atoms with Gasteiger partial charge in [-0.2, -0.15) is 0 Å². The summed E-state index contributed by atoms with van der Waals surface area (Å²) in [6.07, 6.45) is 0. The van der Waals surface area contributed by atoms with Crippen LogP contribution in [0.15, 0.2) is 24.3 Å². The van der Waals surface area contributed by atoms with E-state index in [0.717, 1.165) is 0 Å². The summed E-state index contributed by atoms with van der Waals surface area (Å²) < 4.78 is 10.1. The largest absolute Gasteiger partial charge is 0.492 e. The molecule has 0 saturated carbocycles. The lowest BCUT2D eigenvalue weighted by Gasteiger charge is -2.18. The molecule has 0 aliphatic rings. The van der Waals surface area contributed by atoms with Gasteiger partial charge in [0, 0.05) is 5.54 Å². The van der Waals surface area contributed by atoms with Gasteiger partial charge in [-0.3, -0.25) is 0 Å². The van der Waals surface area contributed by atoms with Crippen LogP contribution >= 0.6 is 0 Å². The van der Waals surface area contributed by atoms with Crippen LogP contribution in [0, 0.1) is 0 Å². The van der Waals surface area contributed by atoms with Gasteiger partial charge in [0.1, 0.15) is 12.4 Å². The first-order valence-electron chi connectivity index (χ1n) is 5.02. The quantitative estimate of drug-likeness (QED) is 0.787. The number of carbonyl (C=O) groups is 1. The van der Waals surface area contributed by atoms with Crippen molar-refractivity contribution < 1.29 is 14.3 Å². The van der Waals surface area contributed by atoms with Crippen LogP contribution in [-0.2, 0) is 4.74 Å². The predicted octanol–water partition coefficient (Wildman–Crippen LogP) is 1.59. The Morgan fingerprint density at radius 2 is 1.88 bits per heavy atom. The smallest absolute Gasteiger partial charge is 0.337 e. The summed E-state index contributed by atoms with van der Waals surface area (Å²) in [5.41, 5.74) is 5.91. The molecule has 0 bridgehead atoms. The molecule has 0 radical (unpaired) electrons. The van der Waals surface area contributed by atoms with Crippen LogP contribution in [0.25, 0.3) is 0 Å². The zero-order valence-corrected chi connectivity index (χ0v) is 9.82. The molecule has 0 saturated heterocycles. The average Bonchev–Trinajstić information content (AvgIpc) is 2.25. The summed E-state index contributed by atoms with van der Waals surface area (Å²) in [5.74, 6) is 0.330. The predicted molar refractivity (Wildman–Crippen MR) is 61.5 cm³/mol. The average molecular weight is 223 g/mol. The molecule has 0 spiro atoms. The molecule has 1 rings (SSSR count). The summed E-state index contributed by atoms with van der Waals surface area (Å²) in [6, 6.07) is 6.76. The highest BCUT2D eigenvalue weighted by atomic mass is 16.5. The van der Waals surface area contributed by atoms with E-state index in [9.17, 15) is 4.79 Å². The third kappa shape index (κ3) is 3.90. The first-order valence-corrected chi connectivity index (χ1v) is 5.02. The highest BCUT2D eigenvalue weighted by Gasteiger charge is 2.11. The molecule has 16 heavy (non-hydrogen) atoms. The van der Waals surface area contributed by atoms with E-state index >= 15 is 0 Å². The van der Waals surface area contributed by atoms with Gasteiger partial charge in [-0.25, -0.2) is 4.79 Å². The SMILES string of the molecule is COC(=O)c1ccc(OCC(C)(C)N)cc1. The fraction of sp³-hybridized carbons (Fsp3) is 0.417. The van der Waals surface area contributed by atoms with Crippen molar-refractivity contribution in [3.05, 3.63) is 29.8 Å². The topological polar surface area (TPSA) is 61.5 Å². The molecule has 1 aromatic rings. The number of hydrogen-bond donors (Lipinski definition) is 1. The van der Waals surface area contributed by atoms with Crippen LogP contribution in [0.3, 0.4) is 0 Å². The highest BCUT2D eigenvalue weighted by Crippen LogP contribution is 2.14. The van der Waals surface area contributed by atoms with E-state index in [2.05, 4.69) is 4.74 Å². The normalized spacial score (nSPS) is 11.0. The lowest BCUT2D eigenvalue weighted by atomic mass is 10.1. The second kappa shape index (κ2) is 4.99. The minimum absolute atomic E-state index is 0.356. The molecule has 0 unspecified atom stereocenters. The number of benzene rings is 1. The standard InChI is InChI=1S/C12H17NO3/c1-12(2,13)8-16-10-6-4-9(5-7-10)11(14)15-3/h4-7H,8,13H2,1-3H3. The third-order valence-electron chi connectivity index (χ3n) is 1.89. The van der Waals surface area contributed by atoms with Crippen molar-refractivity contribution >= 4 is 5.97 Å². The number of rotatable bonds is 4. The third-order valence-corrected chi connectivity index (χ3v) is 1.89. The number of esters is 1. The van der Waals surface area contributed by atoms with Crippen molar-refractivity contribution in [3.8, 4) is 5.75 Å². The molecular formula is C12H17NO3. The van der Waals surface area contributed by atoms with E-state index in [0.29, 0.717) is 17.9 Å². The Labute approximate surface area is 95.3 Å². The lowest BCUT2D eigenvalue weighted by molar-refractivity contribution is 0.0600. The van der Waals surface area contributed by atoms with Gasteiger partial charge in [0.25, 0.3) is 0 Å². The molecule has 0 aliphatic heterocycles. The van der Waals surface area contributed by atoms with Gasteiger partial charge in [0.2, 0.25) is 0 Å². The summed E-state index contributed by atoms with van der Waals surface area (Å²) in [6.45, 7) is 4.19. The van der Waals surface area contributed by atoms with Crippen molar-refractivity contribution in [3.63, 3.8) is 0 Å². The molecule has 2 N–H and O–H groups in total. The summed E-state index contributed by atoms with van der Waals surface area (Å²) in [5, 5.41) is 0. The summed E-state index contributed by atoms with van der Waals surface area (Å²) >= 11 is 0. The van der Waals surface area contributed by atoms with Crippen molar-refractivity contribution in [1.29, 1.82) is 0 Å². The Kier molecular flexibility index (Phi) is 3.90. The van der Waals surface area contributed by atoms with Gasteiger partial charge in [-0.05, 0) is 38.1 Å². The fourth-order valence-electron chi connectivity index (χ4n) is 1.07. The van der Waals surface area contributed by atoms with Crippen molar-refractivity contribution in [1.82, 2.24) is 0 Å². The molecule has 0 aromatic heterocycles. The molecule has 88 valence electrons. The summed E-state index contributed by atoms with van der Waals surface area (Å²) in [7, 11) is 1.35. The van der Waals surface area contributed by atoms with Crippen LogP contribution in [0.4, 0.5) is 0 Å². The molecule has 0 aliphatic carbocycles. The Balaban J connectivity index is 2.62. The second-order valence-corrected chi connectivity index (χ2v) is 4.29. The van der Waals surface area contributed by atoms with Crippen LogP contribution in [0.5, 0.6) is 5.75 Å². The van der Waals surface area contributed by atoms with Gasteiger partial charge in [0.05, 0.1) is 12.7 Å². The Morgan fingerprint density at radius 3 is 2.31 bits per heavy atom. The number of nitrogens with two attached hydrogens (primary N) is 1. The van der Waals surface area contributed by atoms with Gasteiger partial charge in [-0.1, -0.05) is 0 Å². The maximum Gasteiger partial charge on any atom is 0.337 e. The van der Waals surface area contributed by atoms with Crippen LogP contribution < -0.4 is 10.5 Å². The molecule has 4 heteroatoms. The van der Waals surface area contributed by atoms with Crippen LogP contribution in [0.2, 0.25) is 0 Å². The zero-order valence-electron chi connectivity index (χ0n) is 9.82. The van der Waals surface area contributed by atoms with Crippen LogP contribution in [-0.4, -0.2) is 25.2 Å². The van der Waals surface area contributed by atoms with E-state index in [1.54, 1.807) is 24.3 Å². The Hall–Kier alpha value is -1.55. The number of methoxy groups -OCH3 is 1. The maximum atomic E-state index is 11.2. The minimum atomic E-state index is -0.374. The van der Waals surface area contributed by atoms with Gasteiger partial charge in [-0.15, -0.1) is 0 Å². The molecule has 0 amide bonds. The van der Waals surface area contributed by atoms with Crippen molar-refractivity contribution in [2.75, 3.05) is 13.7 Å². The molecule has 0 atom stereocenters. The monoisotopic (exact) mass is 223 g/mol. The van der Waals surface area contributed by atoms with Crippen LogP contribution in [0.1, 0.15) is 24.2 Å². The first kappa shape index (κ1) is 12.5. The molecular weight excluding hydrogens is 206 g/mol. The first-order chi connectivity index (χ1) is 7.42. The Bertz CT molecular complexity index is 352. The number of ether oxygens (including phenoxy) is 2. The van der Waals surface area contributed by atoms with E-state index in [1.165, 1.54) is 7.11 Å². The van der Waals surface area contributed by atoms with E-state index < -0.39 is 0 Å². The molecule has 0 fully saturated rings. The minimum Gasteiger partial charge on any atom is -0.492 e. The van der Waals surface area contributed by atoms with Crippen molar-refractivity contribution in [2.24, 2.45) is 5.73 Å². The molecule has 1 aromatic carbocycles. The fourth-order valence-corrected chi connectivity index (χ4v) is 1.07. The molecule has 0 heterocycles.